The van der Waals surface area contributed by atoms with Gasteiger partial charge < -0.3 is 10.2 Å². The zero-order chi connectivity index (χ0) is 15.0. The van der Waals surface area contributed by atoms with E-state index in [4.69, 9.17) is 10.2 Å². The molecule has 0 spiro atoms. The van der Waals surface area contributed by atoms with E-state index in [2.05, 4.69) is 0 Å². The lowest BCUT2D eigenvalue weighted by atomic mass is 10.2. The number of aryl methyl sites for hydroxylation is 1. The van der Waals surface area contributed by atoms with E-state index in [1.807, 2.05) is 0 Å². The maximum Gasteiger partial charge on any atom is 0.244 e. The molecule has 2 aromatic rings. The molecule has 0 atom stereocenters. The predicted molar refractivity (Wildman–Crippen MR) is 80.1 cm³/mol. The number of sulfonamides is 1. The Morgan fingerprint density at radius 2 is 2.10 bits per heavy atom. The normalized spacial score (nSPS) is 15.5. The van der Waals surface area contributed by atoms with Gasteiger partial charge in [-0.3, -0.25) is 0 Å². The fourth-order valence-electron chi connectivity index (χ4n) is 2.42. The van der Waals surface area contributed by atoms with Gasteiger partial charge in [0.2, 0.25) is 10.0 Å². The third kappa shape index (κ3) is 2.82. The second-order valence-electron chi connectivity index (χ2n) is 5.39. The molecule has 1 aromatic carbocycles. The molecule has 0 radical (unpaired) electrons. The Balaban J connectivity index is 1.97. The Hall–Kier alpha value is -1.79. The van der Waals surface area contributed by atoms with Gasteiger partial charge in [0.05, 0.1) is 17.7 Å². The third-order valence-electron chi connectivity index (χ3n) is 3.63. The minimum Gasteiger partial charge on any atom is -0.468 e. The van der Waals surface area contributed by atoms with Gasteiger partial charge >= 0.3 is 0 Å². The van der Waals surface area contributed by atoms with Crippen LogP contribution in [-0.4, -0.2) is 18.8 Å². The molecule has 1 fully saturated rings. The molecule has 6 heteroatoms. The third-order valence-corrected chi connectivity index (χ3v) is 5.69. The first-order valence-corrected chi connectivity index (χ1v) is 8.33. The zero-order valence-corrected chi connectivity index (χ0v) is 12.6. The van der Waals surface area contributed by atoms with E-state index in [9.17, 15) is 8.42 Å². The lowest BCUT2D eigenvalue weighted by molar-refractivity contribution is 0.356. The van der Waals surface area contributed by atoms with Crippen LogP contribution in [0.4, 0.5) is 5.69 Å². The SMILES string of the molecule is Cc1cc(N)ccc1S(=O)(=O)N(Cc1ccco1)C1CC1. The number of rotatable bonds is 5. The smallest absolute Gasteiger partial charge is 0.244 e. The van der Waals surface area contributed by atoms with Crippen molar-refractivity contribution in [1.82, 2.24) is 4.31 Å². The maximum absolute atomic E-state index is 12.9. The highest BCUT2D eigenvalue weighted by molar-refractivity contribution is 7.89. The first-order chi connectivity index (χ1) is 9.98. The Morgan fingerprint density at radius 1 is 1.33 bits per heavy atom. The number of nitrogens with zero attached hydrogens (tertiary/aromatic N) is 1. The average Bonchev–Trinajstić information content (AvgIpc) is 3.11. The summed E-state index contributed by atoms with van der Waals surface area (Å²) in [6.07, 6.45) is 3.35. The van der Waals surface area contributed by atoms with Gasteiger partial charge in [0.25, 0.3) is 0 Å². The van der Waals surface area contributed by atoms with Crippen LogP contribution >= 0.6 is 0 Å². The van der Waals surface area contributed by atoms with Crippen LogP contribution in [0.5, 0.6) is 0 Å². The van der Waals surface area contributed by atoms with E-state index >= 15 is 0 Å². The molecule has 21 heavy (non-hydrogen) atoms. The Morgan fingerprint density at radius 3 is 2.67 bits per heavy atom. The second kappa shape index (κ2) is 5.20. The fraction of sp³-hybridized carbons (Fsp3) is 0.333. The van der Waals surface area contributed by atoms with Crippen LogP contribution in [0.3, 0.4) is 0 Å². The van der Waals surface area contributed by atoms with E-state index in [1.54, 1.807) is 43.5 Å². The van der Waals surface area contributed by atoms with Crippen LogP contribution in [0, 0.1) is 6.92 Å². The van der Waals surface area contributed by atoms with Crippen molar-refractivity contribution in [3.05, 3.63) is 47.9 Å². The van der Waals surface area contributed by atoms with Crippen molar-refractivity contribution in [2.45, 2.75) is 37.2 Å². The minimum absolute atomic E-state index is 0.0667. The number of nitrogens with two attached hydrogens (primary N) is 1. The highest BCUT2D eigenvalue weighted by atomic mass is 32.2. The molecule has 1 aliphatic carbocycles. The number of hydrogen-bond acceptors (Lipinski definition) is 4. The van der Waals surface area contributed by atoms with E-state index in [0.29, 0.717) is 21.9 Å². The highest BCUT2D eigenvalue weighted by Gasteiger charge is 2.39. The minimum atomic E-state index is -3.54. The van der Waals surface area contributed by atoms with Crippen molar-refractivity contribution in [3.8, 4) is 0 Å². The summed E-state index contributed by atoms with van der Waals surface area (Å²) >= 11 is 0. The van der Waals surface area contributed by atoms with Crippen LogP contribution in [0.1, 0.15) is 24.2 Å². The van der Waals surface area contributed by atoms with Gasteiger partial charge in [-0.25, -0.2) is 8.42 Å². The number of hydrogen-bond donors (Lipinski definition) is 1. The second-order valence-corrected chi connectivity index (χ2v) is 7.24. The number of furan rings is 1. The summed E-state index contributed by atoms with van der Waals surface area (Å²) in [4.78, 5) is 0.315. The molecular weight excluding hydrogens is 288 g/mol. The molecule has 112 valence electrons. The van der Waals surface area contributed by atoms with Gasteiger partial charge in [-0.2, -0.15) is 4.31 Å². The zero-order valence-electron chi connectivity index (χ0n) is 11.8. The van der Waals surface area contributed by atoms with E-state index in [1.165, 1.54) is 4.31 Å². The predicted octanol–water partition coefficient (Wildman–Crippen LogP) is 2.52. The highest BCUT2D eigenvalue weighted by Crippen LogP contribution is 2.34. The molecule has 1 aromatic heterocycles. The van der Waals surface area contributed by atoms with E-state index in [0.717, 1.165) is 12.8 Å². The molecule has 1 saturated carbocycles. The average molecular weight is 306 g/mol. The topological polar surface area (TPSA) is 76.5 Å². The summed E-state index contributed by atoms with van der Waals surface area (Å²) in [6.45, 7) is 2.03. The lowest BCUT2D eigenvalue weighted by Crippen LogP contribution is -2.33. The van der Waals surface area contributed by atoms with Crippen molar-refractivity contribution < 1.29 is 12.8 Å². The largest absolute Gasteiger partial charge is 0.468 e. The van der Waals surface area contributed by atoms with Crippen LogP contribution in [-0.2, 0) is 16.6 Å². The summed E-state index contributed by atoms with van der Waals surface area (Å²) in [7, 11) is -3.54. The monoisotopic (exact) mass is 306 g/mol. The molecule has 0 amide bonds. The Labute approximate surface area is 124 Å². The van der Waals surface area contributed by atoms with Gasteiger partial charge in [-0.1, -0.05) is 0 Å². The van der Waals surface area contributed by atoms with Gasteiger partial charge in [0.15, 0.2) is 0 Å². The first kappa shape index (κ1) is 14.2. The molecule has 0 bridgehead atoms. The van der Waals surface area contributed by atoms with Crippen molar-refractivity contribution >= 4 is 15.7 Å². The van der Waals surface area contributed by atoms with Crippen LogP contribution in [0.25, 0.3) is 0 Å². The maximum atomic E-state index is 12.9. The quantitative estimate of drug-likeness (QED) is 0.861. The Bertz CT molecular complexity index is 734. The molecule has 1 aliphatic rings. The molecule has 0 saturated heterocycles. The van der Waals surface area contributed by atoms with Crippen LogP contribution < -0.4 is 5.73 Å². The van der Waals surface area contributed by atoms with Gasteiger partial charge in [-0.15, -0.1) is 0 Å². The first-order valence-electron chi connectivity index (χ1n) is 6.89. The van der Waals surface area contributed by atoms with Crippen LogP contribution in [0.2, 0.25) is 0 Å². The molecule has 1 heterocycles. The summed E-state index contributed by atoms with van der Waals surface area (Å²) < 4.78 is 32.7. The number of nitrogen functional groups attached to an aromatic ring is 1. The molecule has 2 N–H and O–H groups in total. The fourth-order valence-corrected chi connectivity index (χ4v) is 4.28. The summed E-state index contributed by atoms with van der Waals surface area (Å²) in [5, 5.41) is 0. The summed E-state index contributed by atoms with van der Waals surface area (Å²) in [5.74, 6) is 0.651. The van der Waals surface area contributed by atoms with E-state index < -0.39 is 10.0 Å². The van der Waals surface area contributed by atoms with Gasteiger partial charge in [-0.05, 0) is 55.7 Å². The Kier molecular flexibility index (Phi) is 3.51. The van der Waals surface area contributed by atoms with E-state index in [-0.39, 0.29) is 12.6 Å². The molecule has 5 nitrogen and oxygen atoms in total. The van der Waals surface area contributed by atoms with Crippen molar-refractivity contribution in [2.75, 3.05) is 5.73 Å². The van der Waals surface area contributed by atoms with Gasteiger partial charge in [0.1, 0.15) is 5.76 Å². The number of benzene rings is 1. The van der Waals surface area contributed by atoms with Gasteiger partial charge in [0, 0.05) is 11.7 Å². The van der Waals surface area contributed by atoms with Crippen molar-refractivity contribution in [2.24, 2.45) is 0 Å². The summed E-state index contributed by atoms with van der Waals surface area (Å²) in [6, 6.07) is 8.51. The molecule has 0 unspecified atom stereocenters. The van der Waals surface area contributed by atoms with Crippen molar-refractivity contribution in [1.29, 1.82) is 0 Å². The standard InChI is InChI=1S/C15H18N2O3S/c1-11-9-12(16)4-7-15(11)21(18,19)17(13-5-6-13)10-14-3-2-8-20-14/h2-4,7-9,13H,5-6,10,16H2,1H3. The number of anilines is 1. The molecule has 3 rings (SSSR count). The van der Waals surface area contributed by atoms with Crippen LogP contribution in [0.15, 0.2) is 45.9 Å². The lowest BCUT2D eigenvalue weighted by Gasteiger charge is -2.22. The molecule has 0 aliphatic heterocycles. The van der Waals surface area contributed by atoms with Crippen molar-refractivity contribution in [3.63, 3.8) is 0 Å². The summed E-state index contributed by atoms with van der Waals surface area (Å²) in [5.41, 5.74) is 6.94. The molecular formula is C15H18N2O3S.